The molecule has 0 unspecified atom stereocenters. The third-order valence-electron chi connectivity index (χ3n) is 4.40. The molecule has 3 aromatic carbocycles. The minimum atomic E-state index is -0.962. The first-order valence-corrected chi connectivity index (χ1v) is 10.2. The van der Waals surface area contributed by atoms with Gasteiger partial charge in [0.2, 0.25) is 0 Å². The Morgan fingerprint density at radius 1 is 0.882 bits per heavy atom. The molecule has 34 heavy (non-hydrogen) atoms. The van der Waals surface area contributed by atoms with Gasteiger partial charge in [-0.3, -0.25) is 9.59 Å². The van der Waals surface area contributed by atoms with E-state index >= 15 is 0 Å². The molecule has 2 amide bonds. The summed E-state index contributed by atoms with van der Waals surface area (Å²) in [5.41, 5.74) is 3.27. The molecular weight excluding hydrogens is 462 g/mol. The van der Waals surface area contributed by atoms with Crippen LogP contribution >= 0.6 is 11.6 Å². The molecule has 174 valence electrons. The van der Waals surface area contributed by atoms with Gasteiger partial charge in [0.25, 0.3) is 0 Å². The first-order valence-electron chi connectivity index (χ1n) is 9.84. The fraction of sp³-hybridized carbons (Fsp3) is 0.0833. The van der Waals surface area contributed by atoms with Gasteiger partial charge in [0.1, 0.15) is 5.75 Å². The number of carbonyl (C=O) groups is 3. The van der Waals surface area contributed by atoms with Crippen LogP contribution in [0.25, 0.3) is 0 Å². The number of nitrogens with zero attached hydrogens (tertiary/aromatic N) is 1. The van der Waals surface area contributed by atoms with Crippen molar-refractivity contribution in [2.24, 2.45) is 5.10 Å². The maximum absolute atomic E-state index is 12.4. The number of methoxy groups -OCH3 is 2. The predicted molar refractivity (Wildman–Crippen MR) is 127 cm³/mol. The molecule has 0 radical (unpaired) electrons. The summed E-state index contributed by atoms with van der Waals surface area (Å²) in [7, 11) is 2.90. The summed E-state index contributed by atoms with van der Waals surface area (Å²) in [5, 5.41) is 6.48. The van der Waals surface area contributed by atoms with Crippen molar-refractivity contribution < 1.29 is 28.6 Å². The van der Waals surface area contributed by atoms with E-state index in [1.165, 1.54) is 26.5 Å². The SMILES string of the molecule is COc1cccc(NC(=O)C(=O)N/N=C/c2ccc(OC(=O)c3ccccc3Cl)c(OC)c2)c1. The molecular formula is C24H20ClN3O6. The Balaban J connectivity index is 1.61. The van der Waals surface area contributed by atoms with E-state index in [-0.39, 0.29) is 22.1 Å². The van der Waals surface area contributed by atoms with Gasteiger partial charge in [-0.25, -0.2) is 10.2 Å². The van der Waals surface area contributed by atoms with E-state index in [2.05, 4.69) is 15.8 Å². The molecule has 0 spiro atoms. The van der Waals surface area contributed by atoms with E-state index < -0.39 is 17.8 Å². The number of amides is 2. The second-order valence-corrected chi connectivity index (χ2v) is 7.07. The average Bonchev–Trinajstić information content (AvgIpc) is 2.85. The van der Waals surface area contributed by atoms with Crippen molar-refractivity contribution in [1.82, 2.24) is 5.43 Å². The van der Waals surface area contributed by atoms with Crippen molar-refractivity contribution in [2.75, 3.05) is 19.5 Å². The standard InChI is InChI=1S/C24H20ClN3O6/c1-32-17-7-5-6-16(13-17)27-22(29)23(30)28-26-14-15-10-11-20(21(12-15)33-2)34-24(31)18-8-3-4-9-19(18)25/h3-14H,1-2H3,(H,27,29)(H,28,30)/b26-14+. The lowest BCUT2D eigenvalue weighted by atomic mass is 10.2. The molecule has 0 aliphatic carbocycles. The molecule has 0 saturated carbocycles. The number of anilines is 1. The van der Waals surface area contributed by atoms with Crippen molar-refractivity contribution in [3.63, 3.8) is 0 Å². The van der Waals surface area contributed by atoms with Gasteiger partial charge in [0.15, 0.2) is 11.5 Å². The molecule has 0 fully saturated rings. The van der Waals surface area contributed by atoms with Gasteiger partial charge in [-0.1, -0.05) is 29.8 Å². The number of hydrogen-bond donors (Lipinski definition) is 2. The van der Waals surface area contributed by atoms with Crippen molar-refractivity contribution >= 4 is 41.3 Å². The van der Waals surface area contributed by atoms with Crippen LogP contribution < -0.4 is 25.0 Å². The van der Waals surface area contributed by atoms with Gasteiger partial charge in [-0.2, -0.15) is 5.10 Å². The second kappa shape index (κ2) is 11.5. The second-order valence-electron chi connectivity index (χ2n) is 6.66. The number of ether oxygens (including phenoxy) is 3. The Labute approximate surface area is 200 Å². The maximum Gasteiger partial charge on any atom is 0.345 e. The van der Waals surface area contributed by atoms with E-state index in [0.29, 0.717) is 17.0 Å². The summed E-state index contributed by atoms with van der Waals surface area (Å²) in [6.07, 6.45) is 1.30. The lowest BCUT2D eigenvalue weighted by Crippen LogP contribution is -2.32. The smallest absolute Gasteiger partial charge is 0.345 e. The van der Waals surface area contributed by atoms with E-state index in [1.54, 1.807) is 60.7 Å². The minimum Gasteiger partial charge on any atom is -0.497 e. The Morgan fingerprint density at radius 2 is 1.68 bits per heavy atom. The van der Waals surface area contributed by atoms with Crippen LogP contribution in [0.4, 0.5) is 5.69 Å². The zero-order chi connectivity index (χ0) is 24.5. The van der Waals surface area contributed by atoms with Gasteiger partial charge in [0.05, 0.1) is 31.0 Å². The first kappa shape index (κ1) is 24.3. The van der Waals surface area contributed by atoms with E-state index in [0.717, 1.165) is 0 Å². The lowest BCUT2D eigenvalue weighted by Gasteiger charge is -2.10. The van der Waals surface area contributed by atoms with Crippen molar-refractivity contribution in [1.29, 1.82) is 0 Å². The van der Waals surface area contributed by atoms with E-state index in [9.17, 15) is 14.4 Å². The molecule has 0 saturated heterocycles. The van der Waals surface area contributed by atoms with Crippen LogP contribution in [-0.4, -0.2) is 38.2 Å². The highest BCUT2D eigenvalue weighted by Crippen LogP contribution is 2.29. The Hall–Kier alpha value is -4.37. The third-order valence-corrected chi connectivity index (χ3v) is 4.73. The number of rotatable bonds is 7. The topological polar surface area (TPSA) is 115 Å². The fourth-order valence-corrected chi connectivity index (χ4v) is 2.95. The van der Waals surface area contributed by atoms with Gasteiger partial charge in [-0.05, 0) is 48.0 Å². The van der Waals surface area contributed by atoms with Crippen molar-refractivity contribution in [2.45, 2.75) is 0 Å². The molecule has 0 aliphatic heterocycles. The van der Waals surface area contributed by atoms with Gasteiger partial charge >= 0.3 is 17.8 Å². The summed E-state index contributed by atoms with van der Waals surface area (Å²) in [4.78, 5) is 36.4. The van der Waals surface area contributed by atoms with Crippen LogP contribution in [0.5, 0.6) is 17.2 Å². The summed E-state index contributed by atoms with van der Waals surface area (Å²) >= 11 is 6.03. The van der Waals surface area contributed by atoms with Crippen LogP contribution in [0.15, 0.2) is 71.8 Å². The molecule has 10 heteroatoms. The Kier molecular flexibility index (Phi) is 8.20. The minimum absolute atomic E-state index is 0.172. The van der Waals surface area contributed by atoms with Gasteiger partial charge in [0, 0.05) is 11.8 Å². The number of benzene rings is 3. The molecule has 0 atom stereocenters. The summed E-state index contributed by atoms with van der Waals surface area (Å²) in [6, 6.07) is 17.7. The highest BCUT2D eigenvalue weighted by molar-refractivity contribution is 6.39. The lowest BCUT2D eigenvalue weighted by molar-refractivity contribution is -0.136. The highest BCUT2D eigenvalue weighted by Gasteiger charge is 2.16. The van der Waals surface area contributed by atoms with E-state index in [4.69, 9.17) is 25.8 Å². The molecule has 3 aromatic rings. The number of nitrogens with one attached hydrogen (secondary N) is 2. The van der Waals surface area contributed by atoms with Crippen LogP contribution in [0.3, 0.4) is 0 Å². The molecule has 0 aliphatic rings. The molecule has 2 N–H and O–H groups in total. The molecule has 0 heterocycles. The van der Waals surface area contributed by atoms with Crippen molar-refractivity contribution in [3.05, 3.63) is 82.9 Å². The summed E-state index contributed by atoms with van der Waals surface area (Å²) in [5.74, 6) is -1.54. The zero-order valence-electron chi connectivity index (χ0n) is 18.2. The molecule has 0 aromatic heterocycles. The maximum atomic E-state index is 12.4. The van der Waals surface area contributed by atoms with Crippen LogP contribution in [0, 0.1) is 0 Å². The number of carbonyl (C=O) groups excluding carboxylic acids is 3. The van der Waals surface area contributed by atoms with Gasteiger partial charge in [-0.15, -0.1) is 0 Å². The van der Waals surface area contributed by atoms with Gasteiger partial charge < -0.3 is 19.5 Å². The van der Waals surface area contributed by atoms with Crippen molar-refractivity contribution in [3.8, 4) is 17.2 Å². The summed E-state index contributed by atoms with van der Waals surface area (Å²) in [6.45, 7) is 0. The Morgan fingerprint density at radius 3 is 2.41 bits per heavy atom. The normalized spacial score (nSPS) is 10.4. The monoisotopic (exact) mass is 481 g/mol. The fourth-order valence-electron chi connectivity index (χ4n) is 2.74. The average molecular weight is 482 g/mol. The predicted octanol–water partition coefficient (Wildman–Crippen LogP) is 3.67. The van der Waals surface area contributed by atoms with Crippen LogP contribution in [0.1, 0.15) is 15.9 Å². The number of halogens is 1. The quantitative estimate of drug-likeness (QED) is 0.175. The largest absolute Gasteiger partial charge is 0.497 e. The molecule has 3 rings (SSSR count). The van der Waals surface area contributed by atoms with E-state index in [1.807, 2.05) is 0 Å². The number of esters is 1. The third kappa shape index (κ3) is 6.33. The number of hydrogen-bond acceptors (Lipinski definition) is 7. The zero-order valence-corrected chi connectivity index (χ0v) is 19.0. The van der Waals surface area contributed by atoms with Crippen LogP contribution in [-0.2, 0) is 9.59 Å². The molecule has 0 bridgehead atoms. The number of hydrazone groups is 1. The van der Waals surface area contributed by atoms with Crippen LogP contribution in [0.2, 0.25) is 5.02 Å². The molecule has 9 nitrogen and oxygen atoms in total. The summed E-state index contributed by atoms with van der Waals surface area (Å²) < 4.78 is 15.7. The highest BCUT2D eigenvalue weighted by atomic mass is 35.5. The first-order chi connectivity index (χ1) is 16.4. The Bertz CT molecular complexity index is 1240.